The van der Waals surface area contributed by atoms with Gasteiger partial charge in [-0.25, -0.2) is 4.98 Å². The Morgan fingerprint density at radius 2 is 2.24 bits per heavy atom. The topological polar surface area (TPSA) is 93.0 Å². The number of H-pyrrole nitrogens is 1. The van der Waals surface area contributed by atoms with Gasteiger partial charge in [0, 0.05) is 31.2 Å². The van der Waals surface area contributed by atoms with Crippen molar-refractivity contribution in [1.82, 2.24) is 15.3 Å². The van der Waals surface area contributed by atoms with Crippen LogP contribution in [0.2, 0.25) is 0 Å². The van der Waals surface area contributed by atoms with Crippen molar-refractivity contribution < 1.29 is 4.74 Å². The number of nitrogens with one attached hydrogen (secondary N) is 2. The van der Waals surface area contributed by atoms with Crippen LogP contribution in [0, 0.1) is 0 Å². The van der Waals surface area contributed by atoms with Gasteiger partial charge in [-0.2, -0.15) is 0 Å². The largest absolute Gasteiger partial charge is 0.383 e. The number of aromatic amines is 1. The Morgan fingerprint density at radius 3 is 3.00 bits per heavy atom. The molecule has 0 unspecified atom stereocenters. The van der Waals surface area contributed by atoms with E-state index in [0.29, 0.717) is 11.8 Å². The maximum atomic E-state index is 11.4. The molecule has 0 aliphatic rings. The second-order valence-corrected chi connectivity index (χ2v) is 5.39. The first-order valence-corrected chi connectivity index (χ1v) is 7.33. The maximum absolute atomic E-state index is 11.4. The van der Waals surface area contributed by atoms with Crippen LogP contribution in [0.3, 0.4) is 0 Å². The summed E-state index contributed by atoms with van der Waals surface area (Å²) in [4.78, 5) is 19.2. The molecule has 2 rings (SSSR count). The minimum absolute atomic E-state index is 0.219. The second-order valence-electron chi connectivity index (χ2n) is 4.35. The van der Waals surface area contributed by atoms with Gasteiger partial charge in [0.2, 0.25) is 0 Å². The van der Waals surface area contributed by atoms with Crippen molar-refractivity contribution in [3.63, 3.8) is 0 Å². The summed E-state index contributed by atoms with van der Waals surface area (Å²) in [7, 11) is 1.67. The van der Waals surface area contributed by atoms with E-state index in [9.17, 15) is 4.79 Å². The van der Waals surface area contributed by atoms with Crippen LogP contribution in [0.25, 0.3) is 0 Å². The monoisotopic (exact) mass is 306 g/mol. The lowest BCUT2D eigenvalue weighted by molar-refractivity contribution is 0.199. The van der Waals surface area contributed by atoms with Crippen molar-refractivity contribution in [2.75, 3.05) is 26.0 Å². The van der Waals surface area contributed by atoms with E-state index in [4.69, 9.17) is 10.5 Å². The molecule has 0 radical (unpaired) electrons. The zero-order valence-electron chi connectivity index (χ0n) is 11.8. The highest BCUT2D eigenvalue weighted by Crippen LogP contribution is 2.27. The second kappa shape index (κ2) is 7.82. The van der Waals surface area contributed by atoms with Gasteiger partial charge in [0.05, 0.1) is 6.61 Å². The molecule has 1 aromatic carbocycles. The maximum Gasteiger partial charge on any atom is 0.253 e. The standard InChI is InChI=1S/C14H18N4O2S/c1-20-7-6-16-9-10-4-2-3-5-11(10)21-14-17-12(15)8-13(19)18-14/h2-5,8,16H,6-7,9H2,1H3,(H3,15,17,18,19). The predicted octanol–water partition coefficient (Wildman–Crippen LogP) is 1.24. The number of anilines is 1. The lowest BCUT2D eigenvalue weighted by atomic mass is 10.2. The van der Waals surface area contributed by atoms with Crippen molar-refractivity contribution >= 4 is 17.6 Å². The molecule has 0 saturated carbocycles. The average Bonchev–Trinajstić information content (AvgIpc) is 2.44. The fourth-order valence-electron chi connectivity index (χ4n) is 1.75. The number of nitrogens with two attached hydrogens (primary N) is 1. The molecule has 7 heteroatoms. The van der Waals surface area contributed by atoms with Crippen LogP contribution in [-0.2, 0) is 11.3 Å². The number of ether oxygens (including phenoxy) is 1. The summed E-state index contributed by atoms with van der Waals surface area (Å²) in [6, 6.07) is 9.22. The van der Waals surface area contributed by atoms with Crippen molar-refractivity contribution in [3.05, 3.63) is 46.2 Å². The van der Waals surface area contributed by atoms with Crippen molar-refractivity contribution in [2.24, 2.45) is 0 Å². The van der Waals surface area contributed by atoms with Gasteiger partial charge in [-0.3, -0.25) is 4.79 Å². The van der Waals surface area contributed by atoms with Gasteiger partial charge in [-0.05, 0) is 11.6 Å². The summed E-state index contributed by atoms with van der Waals surface area (Å²) in [5.41, 5.74) is 6.47. The smallest absolute Gasteiger partial charge is 0.253 e. The summed E-state index contributed by atoms with van der Waals surface area (Å²) >= 11 is 1.39. The molecule has 0 aliphatic carbocycles. The quantitative estimate of drug-likeness (QED) is 0.526. The first-order valence-electron chi connectivity index (χ1n) is 6.51. The molecule has 0 fully saturated rings. The van der Waals surface area contributed by atoms with Crippen LogP contribution in [0.5, 0.6) is 0 Å². The zero-order valence-corrected chi connectivity index (χ0v) is 12.6. The Morgan fingerprint density at radius 1 is 1.43 bits per heavy atom. The highest BCUT2D eigenvalue weighted by Gasteiger charge is 2.06. The Kier molecular flexibility index (Phi) is 5.79. The van der Waals surface area contributed by atoms with E-state index in [-0.39, 0.29) is 11.4 Å². The van der Waals surface area contributed by atoms with Gasteiger partial charge in [-0.15, -0.1) is 0 Å². The van der Waals surface area contributed by atoms with Crippen molar-refractivity contribution in [1.29, 1.82) is 0 Å². The van der Waals surface area contributed by atoms with Gasteiger partial charge in [-0.1, -0.05) is 30.0 Å². The van der Waals surface area contributed by atoms with Gasteiger partial charge < -0.3 is 20.8 Å². The van der Waals surface area contributed by atoms with E-state index in [1.54, 1.807) is 7.11 Å². The molecule has 0 saturated heterocycles. The molecule has 0 amide bonds. The summed E-state index contributed by atoms with van der Waals surface area (Å²) in [5.74, 6) is 0.219. The molecule has 0 spiro atoms. The SMILES string of the molecule is COCCNCc1ccccc1Sc1nc(N)cc(=O)[nH]1. The van der Waals surface area contributed by atoms with Crippen LogP contribution in [0.15, 0.2) is 45.2 Å². The molecule has 0 atom stereocenters. The number of nitrogen functional groups attached to an aromatic ring is 1. The molecule has 1 heterocycles. The Labute approximate surface area is 127 Å². The molecule has 4 N–H and O–H groups in total. The van der Waals surface area contributed by atoms with E-state index in [1.165, 1.54) is 17.8 Å². The lowest BCUT2D eigenvalue weighted by Gasteiger charge is -2.09. The van der Waals surface area contributed by atoms with E-state index in [2.05, 4.69) is 15.3 Å². The number of methoxy groups -OCH3 is 1. The van der Waals surface area contributed by atoms with Gasteiger partial charge in [0.25, 0.3) is 5.56 Å². The molecule has 2 aromatic rings. The van der Waals surface area contributed by atoms with Crippen LogP contribution in [-0.4, -0.2) is 30.2 Å². The fourth-order valence-corrected chi connectivity index (χ4v) is 2.68. The molecular formula is C14H18N4O2S. The zero-order chi connectivity index (χ0) is 15.1. The number of hydrogen-bond donors (Lipinski definition) is 3. The summed E-state index contributed by atoms with van der Waals surface area (Å²) in [6.07, 6.45) is 0. The highest BCUT2D eigenvalue weighted by atomic mass is 32.2. The Hall–Kier alpha value is -1.83. The molecule has 0 bridgehead atoms. The van der Waals surface area contributed by atoms with Crippen molar-refractivity contribution in [2.45, 2.75) is 16.6 Å². The van der Waals surface area contributed by atoms with Gasteiger partial charge >= 0.3 is 0 Å². The predicted molar refractivity (Wildman–Crippen MR) is 83.4 cm³/mol. The fraction of sp³-hybridized carbons (Fsp3) is 0.286. The number of nitrogens with zero attached hydrogens (tertiary/aromatic N) is 1. The number of hydrogen-bond acceptors (Lipinski definition) is 6. The molecule has 6 nitrogen and oxygen atoms in total. The Bertz CT molecular complexity index is 645. The molecular weight excluding hydrogens is 288 g/mol. The first kappa shape index (κ1) is 15.6. The van der Waals surface area contributed by atoms with E-state index in [1.807, 2.05) is 24.3 Å². The number of aromatic nitrogens is 2. The minimum Gasteiger partial charge on any atom is -0.383 e. The van der Waals surface area contributed by atoms with Crippen molar-refractivity contribution in [3.8, 4) is 0 Å². The first-order chi connectivity index (χ1) is 10.2. The third-order valence-corrected chi connectivity index (χ3v) is 3.72. The van der Waals surface area contributed by atoms with E-state index in [0.717, 1.165) is 23.5 Å². The van der Waals surface area contributed by atoms with E-state index < -0.39 is 0 Å². The highest BCUT2D eigenvalue weighted by molar-refractivity contribution is 7.99. The lowest BCUT2D eigenvalue weighted by Crippen LogP contribution is -2.18. The summed E-state index contributed by atoms with van der Waals surface area (Å²) in [5, 5.41) is 3.79. The van der Waals surface area contributed by atoms with Crippen LogP contribution < -0.4 is 16.6 Å². The molecule has 21 heavy (non-hydrogen) atoms. The molecule has 1 aromatic heterocycles. The van der Waals surface area contributed by atoms with Crippen LogP contribution >= 0.6 is 11.8 Å². The number of benzene rings is 1. The third-order valence-electron chi connectivity index (χ3n) is 2.72. The average molecular weight is 306 g/mol. The van der Waals surface area contributed by atoms with Crippen LogP contribution in [0.4, 0.5) is 5.82 Å². The van der Waals surface area contributed by atoms with Gasteiger partial charge in [0.15, 0.2) is 5.16 Å². The van der Waals surface area contributed by atoms with Gasteiger partial charge in [0.1, 0.15) is 5.82 Å². The summed E-state index contributed by atoms with van der Waals surface area (Å²) in [6.45, 7) is 2.17. The minimum atomic E-state index is -0.249. The number of rotatable bonds is 7. The summed E-state index contributed by atoms with van der Waals surface area (Å²) < 4.78 is 5.00. The third kappa shape index (κ3) is 4.89. The van der Waals surface area contributed by atoms with Crippen LogP contribution in [0.1, 0.15) is 5.56 Å². The molecule has 112 valence electrons. The Balaban J connectivity index is 2.10. The van der Waals surface area contributed by atoms with E-state index >= 15 is 0 Å². The normalized spacial score (nSPS) is 10.7. The molecule has 0 aliphatic heterocycles.